The third-order valence-corrected chi connectivity index (χ3v) is 8.05. The number of benzene rings is 5. The van der Waals surface area contributed by atoms with E-state index < -0.39 is 5.54 Å². The van der Waals surface area contributed by atoms with Gasteiger partial charge in [0, 0.05) is 17.1 Å². The Labute approximate surface area is 260 Å². The van der Waals surface area contributed by atoms with Crippen LogP contribution >= 0.6 is 0 Å². The number of nitrogens with one attached hydrogen (secondary N) is 1. The molecule has 0 atom stereocenters. The van der Waals surface area contributed by atoms with Crippen LogP contribution in [0.1, 0.15) is 43.1 Å². The first kappa shape index (κ1) is 27.7. The monoisotopic (exact) mass is 587 g/mol. The van der Waals surface area contributed by atoms with Crippen LogP contribution in [0.15, 0.2) is 152 Å². The molecule has 1 N–H and O–H groups in total. The van der Waals surface area contributed by atoms with Gasteiger partial charge in [-0.15, -0.1) is 0 Å². The van der Waals surface area contributed by atoms with E-state index in [-0.39, 0.29) is 5.91 Å². The van der Waals surface area contributed by atoms with Crippen LogP contribution in [0.2, 0.25) is 0 Å². The minimum Gasteiger partial charge on any atom is -0.318 e. The Morgan fingerprint density at radius 1 is 0.711 bits per heavy atom. The highest BCUT2D eigenvalue weighted by molar-refractivity contribution is 6.11. The lowest BCUT2D eigenvalue weighted by atomic mass is 9.77. The van der Waals surface area contributed by atoms with E-state index in [4.69, 9.17) is 5.10 Å². The number of nitrogens with zero attached hydrogens (tertiary/aromatic N) is 4. The van der Waals surface area contributed by atoms with Crippen LogP contribution in [0.4, 0.5) is 5.69 Å². The second-order valence-electron chi connectivity index (χ2n) is 10.8. The summed E-state index contributed by atoms with van der Waals surface area (Å²) in [5.74, 6) is -0.331. The topological polar surface area (TPSA) is 81.8 Å². The zero-order chi connectivity index (χ0) is 30.6. The Kier molecular flexibility index (Phi) is 7.33. The third kappa shape index (κ3) is 5.10. The van der Waals surface area contributed by atoms with Gasteiger partial charge in [0.15, 0.2) is 5.69 Å². The number of rotatable bonds is 9. The fraction of sp³-hybridized carbons (Fsp3) is 0.0526. The highest BCUT2D eigenvalue weighted by atomic mass is 16.2. The molecule has 5 aromatic carbocycles. The van der Waals surface area contributed by atoms with E-state index in [2.05, 4.69) is 46.8 Å². The fourth-order valence-electron chi connectivity index (χ4n) is 5.99. The predicted octanol–water partition coefficient (Wildman–Crippen LogP) is 7.19. The molecule has 2 aromatic heterocycles. The van der Waals surface area contributed by atoms with Gasteiger partial charge in [-0.05, 0) is 28.3 Å². The number of carbonyl (C=O) groups is 2. The van der Waals surface area contributed by atoms with Crippen LogP contribution in [-0.4, -0.2) is 31.8 Å². The van der Waals surface area contributed by atoms with E-state index in [1.54, 1.807) is 29.2 Å². The van der Waals surface area contributed by atoms with Crippen molar-refractivity contribution in [3.8, 4) is 0 Å². The molecule has 0 aliphatic rings. The zero-order valence-electron chi connectivity index (χ0n) is 24.3. The third-order valence-electron chi connectivity index (χ3n) is 8.05. The Hall–Kier alpha value is -6.08. The summed E-state index contributed by atoms with van der Waals surface area (Å²) < 4.78 is 3.73. The summed E-state index contributed by atoms with van der Waals surface area (Å²) in [7, 11) is 0. The molecule has 0 fully saturated rings. The second kappa shape index (κ2) is 11.9. The predicted molar refractivity (Wildman–Crippen MR) is 175 cm³/mol. The van der Waals surface area contributed by atoms with E-state index in [9.17, 15) is 9.59 Å². The molecule has 218 valence electrons. The van der Waals surface area contributed by atoms with Gasteiger partial charge in [-0.2, -0.15) is 10.2 Å². The van der Waals surface area contributed by atoms with Crippen molar-refractivity contribution in [1.82, 2.24) is 19.6 Å². The summed E-state index contributed by atoms with van der Waals surface area (Å²) >= 11 is 0. The number of anilines is 1. The maximum Gasteiger partial charge on any atom is 0.276 e. The molecule has 0 aliphatic carbocycles. The van der Waals surface area contributed by atoms with Crippen molar-refractivity contribution in [1.29, 1.82) is 0 Å². The van der Waals surface area contributed by atoms with Gasteiger partial charge < -0.3 is 5.32 Å². The van der Waals surface area contributed by atoms with Gasteiger partial charge in [-0.1, -0.05) is 133 Å². The van der Waals surface area contributed by atoms with Crippen LogP contribution in [-0.2, 0) is 12.1 Å². The smallest absolute Gasteiger partial charge is 0.276 e. The average molecular weight is 588 g/mol. The molecule has 45 heavy (non-hydrogen) atoms. The van der Waals surface area contributed by atoms with Gasteiger partial charge in [0.1, 0.15) is 11.8 Å². The van der Waals surface area contributed by atoms with E-state index in [1.165, 1.54) is 0 Å². The Balaban J connectivity index is 1.33. The molecule has 1 amide bonds. The number of aromatic nitrogens is 4. The van der Waals surface area contributed by atoms with Crippen LogP contribution in [0.3, 0.4) is 0 Å². The van der Waals surface area contributed by atoms with E-state index in [1.807, 2.05) is 95.7 Å². The molecule has 0 bridgehead atoms. The summed E-state index contributed by atoms with van der Waals surface area (Å²) in [4.78, 5) is 24.9. The second-order valence-corrected chi connectivity index (χ2v) is 10.8. The molecule has 7 rings (SSSR count). The van der Waals surface area contributed by atoms with Gasteiger partial charge in [-0.3, -0.25) is 14.3 Å². The first-order valence-electron chi connectivity index (χ1n) is 14.7. The molecule has 0 saturated carbocycles. The molecule has 0 aliphatic heterocycles. The van der Waals surface area contributed by atoms with E-state index in [0.29, 0.717) is 23.5 Å². The molecule has 7 nitrogen and oxygen atoms in total. The highest BCUT2D eigenvalue weighted by Gasteiger charge is 2.41. The molecule has 7 aromatic rings. The molecule has 0 saturated heterocycles. The zero-order valence-corrected chi connectivity index (χ0v) is 24.3. The van der Waals surface area contributed by atoms with Gasteiger partial charge >= 0.3 is 0 Å². The quantitative estimate of drug-likeness (QED) is 0.143. The normalized spacial score (nSPS) is 11.4. The Morgan fingerprint density at radius 3 is 1.84 bits per heavy atom. The fourth-order valence-corrected chi connectivity index (χ4v) is 5.99. The van der Waals surface area contributed by atoms with Crippen LogP contribution in [0, 0.1) is 0 Å². The number of fused-ring (bicyclic) bond motifs is 1. The van der Waals surface area contributed by atoms with Gasteiger partial charge in [-0.25, -0.2) is 4.68 Å². The first-order valence-corrected chi connectivity index (χ1v) is 14.7. The van der Waals surface area contributed by atoms with Crippen molar-refractivity contribution in [2.75, 3.05) is 5.32 Å². The molecule has 2 heterocycles. The summed E-state index contributed by atoms with van der Waals surface area (Å²) in [6.07, 6.45) is 4.23. The molecular weight excluding hydrogens is 558 g/mol. The van der Waals surface area contributed by atoms with Crippen molar-refractivity contribution in [3.63, 3.8) is 0 Å². The minimum atomic E-state index is -0.869. The molecule has 7 heteroatoms. The van der Waals surface area contributed by atoms with Crippen LogP contribution in [0.25, 0.3) is 10.9 Å². The number of hydrogen-bond acceptors (Lipinski definition) is 4. The SMILES string of the molecule is O=Cc1ccc(Cn2cc(NC(=O)c3nn(C(c4ccccc4)(c4ccccc4)c4ccccc4)c4ccccc34)cn2)cc1. The van der Waals surface area contributed by atoms with Gasteiger partial charge in [0.25, 0.3) is 5.91 Å². The summed E-state index contributed by atoms with van der Waals surface area (Å²) in [5.41, 5.74) is 5.50. The van der Waals surface area contributed by atoms with Crippen molar-refractivity contribution < 1.29 is 9.59 Å². The molecular formula is C38H29N5O2. The standard InChI is InChI=1S/C38H29N5O2/c44-27-29-22-20-28(21-23-29)25-42-26-33(24-39-42)40-37(45)36-34-18-10-11-19-35(34)43(41-36)38(30-12-4-1-5-13-30,31-14-6-2-7-15-31)32-16-8-3-9-17-32/h1-24,26-27H,25H2,(H,40,45). The van der Waals surface area contributed by atoms with E-state index >= 15 is 0 Å². The van der Waals surface area contributed by atoms with Crippen LogP contribution in [0.5, 0.6) is 0 Å². The number of para-hydroxylation sites is 1. The lowest BCUT2D eigenvalue weighted by Crippen LogP contribution is -2.38. The average Bonchev–Trinajstić information content (AvgIpc) is 3.72. The highest BCUT2D eigenvalue weighted by Crippen LogP contribution is 2.42. The molecule has 0 spiro atoms. The van der Waals surface area contributed by atoms with Crippen LogP contribution < -0.4 is 5.32 Å². The number of carbonyl (C=O) groups excluding carboxylic acids is 2. The van der Waals surface area contributed by atoms with Gasteiger partial charge in [0.05, 0.1) is 23.9 Å². The number of hydrogen-bond donors (Lipinski definition) is 1. The number of aldehydes is 1. The summed E-state index contributed by atoms with van der Waals surface area (Å²) in [6.45, 7) is 0.500. The maximum absolute atomic E-state index is 14.0. The molecule has 0 unspecified atom stereocenters. The minimum absolute atomic E-state index is 0.315. The van der Waals surface area contributed by atoms with Crippen molar-refractivity contribution >= 4 is 28.8 Å². The first-order chi connectivity index (χ1) is 22.2. The van der Waals surface area contributed by atoms with Crippen molar-refractivity contribution in [2.24, 2.45) is 0 Å². The van der Waals surface area contributed by atoms with Crippen molar-refractivity contribution in [2.45, 2.75) is 12.1 Å². The number of amides is 1. The lowest BCUT2D eigenvalue weighted by Gasteiger charge is -2.37. The summed E-state index contributed by atoms with van der Waals surface area (Å²) in [5, 5.41) is 13.3. The Morgan fingerprint density at radius 2 is 1.27 bits per heavy atom. The van der Waals surface area contributed by atoms with Gasteiger partial charge in [0.2, 0.25) is 0 Å². The van der Waals surface area contributed by atoms with Crippen molar-refractivity contribution in [3.05, 3.63) is 185 Å². The largest absolute Gasteiger partial charge is 0.318 e. The molecule has 0 radical (unpaired) electrons. The Bertz CT molecular complexity index is 1990. The maximum atomic E-state index is 14.0. The lowest BCUT2D eigenvalue weighted by molar-refractivity contribution is 0.102. The summed E-state index contributed by atoms with van der Waals surface area (Å²) in [6, 6.07) is 46.0. The van der Waals surface area contributed by atoms with E-state index in [0.717, 1.165) is 39.4 Å².